The highest BCUT2D eigenvalue weighted by atomic mass is 16.5. The summed E-state index contributed by atoms with van der Waals surface area (Å²) in [5, 5.41) is 14.1. The van der Waals surface area contributed by atoms with Crippen molar-refractivity contribution in [1.29, 1.82) is 0 Å². The Balaban J connectivity index is 1.64. The Morgan fingerprint density at radius 2 is 1.92 bits per heavy atom. The molecular weight excluding hydrogens is 318 g/mol. The number of benzene rings is 2. The molecule has 1 N–H and O–H groups in total. The summed E-state index contributed by atoms with van der Waals surface area (Å²) in [6.45, 7) is 0.524. The number of ether oxygens (including phenoxy) is 1. The van der Waals surface area contributed by atoms with Crippen molar-refractivity contribution in [2.75, 3.05) is 13.7 Å². The minimum absolute atomic E-state index is 0.146. The van der Waals surface area contributed by atoms with E-state index in [-0.39, 0.29) is 5.91 Å². The lowest BCUT2D eigenvalue weighted by atomic mass is 10.1. The molecule has 0 radical (unpaired) electrons. The van der Waals surface area contributed by atoms with Gasteiger partial charge in [0, 0.05) is 6.54 Å². The standard InChI is InChI=1S/C18H19N5O2/c1-25-16-9-7-14(8-10-16)11-12-19-18(24)17(23-13-20-21-22-23)15-5-3-2-4-6-15/h2-10,13,17H,11-12H2,1H3,(H,19,24). The molecule has 0 spiro atoms. The van der Waals surface area contributed by atoms with Crippen molar-refractivity contribution in [2.45, 2.75) is 12.5 Å². The van der Waals surface area contributed by atoms with Crippen LogP contribution < -0.4 is 10.1 Å². The molecule has 25 heavy (non-hydrogen) atoms. The molecule has 7 heteroatoms. The van der Waals surface area contributed by atoms with Gasteiger partial charge in [-0.1, -0.05) is 42.5 Å². The molecule has 2 aromatic carbocycles. The maximum Gasteiger partial charge on any atom is 0.249 e. The van der Waals surface area contributed by atoms with Gasteiger partial charge in [0.25, 0.3) is 0 Å². The summed E-state index contributed by atoms with van der Waals surface area (Å²) in [7, 11) is 1.64. The smallest absolute Gasteiger partial charge is 0.249 e. The molecule has 1 aromatic heterocycles. The van der Waals surface area contributed by atoms with Crippen molar-refractivity contribution < 1.29 is 9.53 Å². The number of nitrogens with one attached hydrogen (secondary N) is 1. The second kappa shape index (κ2) is 8.05. The quantitative estimate of drug-likeness (QED) is 0.709. The van der Waals surface area contributed by atoms with Crippen LogP contribution in [0.25, 0.3) is 0 Å². The van der Waals surface area contributed by atoms with Crippen molar-refractivity contribution in [1.82, 2.24) is 25.5 Å². The minimum Gasteiger partial charge on any atom is -0.497 e. The molecule has 1 atom stereocenters. The molecule has 1 unspecified atom stereocenters. The number of nitrogens with zero attached hydrogens (tertiary/aromatic N) is 4. The van der Waals surface area contributed by atoms with E-state index in [9.17, 15) is 4.79 Å². The Morgan fingerprint density at radius 1 is 1.16 bits per heavy atom. The van der Waals surface area contributed by atoms with Gasteiger partial charge in [0.15, 0.2) is 6.04 Å². The van der Waals surface area contributed by atoms with Crippen LogP contribution in [0.2, 0.25) is 0 Å². The lowest BCUT2D eigenvalue weighted by molar-refractivity contribution is -0.123. The maximum absolute atomic E-state index is 12.7. The van der Waals surface area contributed by atoms with Crippen LogP contribution in [-0.4, -0.2) is 39.8 Å². The molecule has 128 valence electrons. The van der Waals surface area contributed by atoms with E-state index in [1.165, 1.54) is 11.0 Å². The summed E-state index contributed by atoms with van der Waals surface area (Å²) in [6.07, 6.45) is 2.17. The third-order valence-corrected chi connectivity index (χ3v) is 3.87. The number of amides is 1. The van der Waals surface area contributed by atoms with Crippen molar-refractivity contribution in [3.63, 3.8) is 0 Å². The fraction of sp³-hybridized carbons (Fsp3) is 0.222. The Kier molecular flexibility index (Phi) is 5.36. The monoisotopic (exact) mass is 337 g/mol. The predicted molar refractivity (Wildman–Crippen MR) is 92.1 cm³/mol. The van der Waals surface area contributed by atoms with E-state index >= 15 is 0 Å². The highest BCUT2D eigenvalue weighted by Crippen LogP contribution is 2.17. The molecule has 7 nitrogen and oxygen atoms in total. The lowest BCUT2D eigenvalue weighted by Crippen LogP contribution is -2.34. The predicted octanol–water partition coefficient (Wildman–Crippen LogP) is 1.63. The van der Waals surface area contributed by atoms with Gasteiger partial charge >= 0.3 is 0 Å². The highest BCUT2D eigenvalue weighted by Gasteiger charge is 2.23. The molecule has 0 aliphatic carbocycles. The van der Waals surface area contributed by atoms with Gasteiger partial charge in [-0.15, -0.1) is 5.10 Å². The zero-order chi connectivity index (χ0) is 17.5. The molecule has 1 amide bonds. The molecule has 0 bridgehead atoms. The van der Waals surface area contributed by atoms with Crippen molar-refractivity contribution >= 4 is 5.91 Å². The van der Waals surface area contributed by atoms with E-state index in [1.54, 1.807) is 7.11 Å². The lowest BCUT2D eigenvalue weighted by Gasteiger charge is -2.16. The first kappa shape index (κ1) is 16.6. The molecule has 1 heterocycles. The third-order valence-electron chi connectivity index (χ3n) is 3.87. The van der Waals surface area contributed by atoms with E-state index in [1.807, 2.05) is 54.6 Å². The Bertz CT molecular complexity index is 788. The largest absolute Gasteiger partial charge is 0.497 e. The SMILES string of the molecule is COc1ccc(CCNC(=O)C(c2ccccc2)n2cnnn2)cc1. The number of rotatable bonds is 7. The number of carbonyl (C=O) groups excluding carboxylic acids is 1. The molecule has 0 fully saturated rings. The van der Waals surface area contributed by atoms with Gasteiger partial charge in [0.1, 0.15) is 12.1 Å². The first-order valence-electron chi connectivity index (χ1n) is 7.96. The minimum atomic E-state index is -0.591. The number of aromatic nitrogens is 4. The van der Waals surface area contributed by atoms with Crippen LogP contribution in [0.4, 0.5) is 0 Å². The maximum atomic E-state index is 12.7. The second-order valence-electron chi connectivity index (χ2n) is 5.49. The molecule has 0 saturated heterocycles. The van der Waals surface area contributed by atoms with E-state index < -0.39 is 6.04 Å². The molecule has 0 aliphatic rings. The molecular formula is C18H19N5O2. The van der Waals surface area contributed by atoms with E-state index in [0.717, 1.165) is 23.3 Å². The average molecular weight is 337 g/mol. The molecule has 0 aliphatic heterocycles. The summed E-state index contributed by atoms with van der Waals surface area (Å²) in [5.74, 6) is 0.669. The van der Waals surface area contributed by atoms with Crippen molar-refractivity contribution in [3.8, 4) is 5.75 Å². The number of hydrogen-bond donors (Lipinski definition) is 1. The topological polar surface area (TPSA) is 81.9 Å². The van der Waals surface area contributed by atoms with Crippen LogP contribution in [0.15, 0.2) is 60.9 Å². The third kappa shape index (κ3) is 4.20. The molecule has 3 rings (SSSR count). The van der Waals surface area contributed by atoms with Crippen molar-refractivity contribution in [2.24, 2.45) is 0 Å². The average Bonchev–Trinajstić information content (AvgIpc) is 3.17. The first-order valence-corrected chi connectivity index (χ1v) is 7.96. The fourth-order valence-electron chi connectivity index (χ4n) is 2.57. The van der Waals surface area contributed by atoms with Crippen LogP contribution in [0.1, 0.15) is 17.2 Å². The van der Waals surface area contributed by atoms with Gasteiger partial charge in [0.05, 0.1) is 7.11 Å². The van der Waals surface area contributed by atoms with Crippen LogP contribution in [-0.2, 0) is 11.2 Å². The summed E-state index contributed by atoms with van der Waals surface area (Å²) in [6, 6.07) is 16.6. The van der Waals surface area contributed by atoms with E-state index in [2.05, 4.69) is 20.8 Å². The number of tetrazole rings is 1. The Hall–Kier alpha value is -3.22. The van der Waals surface area contributed by atoms with Crippen molar-refractivity contribution in [3.05, 3.63) is 72.1 Å². The van der Waals surface area contributed by atoms with Gasteiger partial charge in [-0.3, -0.25) is 4.79 Å². The highest BCUT2D eigenvalue weighted by molar-refractivity contribution is 5.83. The zero-order valence-corrected chi connectivity index (χ0v) is 13.9. The van der Waals surface area contributed by atoms with Crippen LogP contribution in [0.5, 0.6) is 5.75 Å². The molecule has 3 aromatic rings. The number of carbonyl (C=O) groups is 1. The zero-order valence-electron chi connectivity index (χ0n) is 13.9. The number of methoxy groups -OCH3 is 1. The van der Waals surface area contributed by atoms with Gasteiger partial charge in [-0.25, -0.2) is 4.68 Å². The summed E-state index contributed by atoms with van der Waals surface area (Å²) < 4.78 is 6.60. The second-order valence-corrected chi connectivity index (χ2v) is 5.49. The van der Waals surface area contributed by atoms with Crippen LogP contribution >= 0.6 is 0 Å². The van der Waals surface area contributed by atoms with Gasteiger partial charge in [0.2, 0.25) is 5.91 Å². The molecule has 0 saturated carbocycles. The summed E-state index contributed by atoms with van der Waals surface area (Å²) >= 11 is 0. The van der Waals surface area contributed by atoms with Crippen LogP contribution in [0.3, 0.4) is 0 Å². The summed E-state index contributed by atoms with van der Waals surface area (Å²) in [5.41, 5.74) is 1.96. The normalized spacial score (nSPS) is 11.7. The van der Waals surface area contributed by atoms with Gasteiger partial charge in [-0.05, 0) is 40.1 Å². The summed E-state index contributed by atoms with van der Waals surface area (Å²) in [4.78, 5) is 12.7. The fourth-order valence-corrected chi connectivity index (χ4v) is 2.57. The van der Waals surface area contributed by atoms with Gasteiger partial charge < -0.3 is 10.1 Å². The van der Waals surface area contributed by atoms with E-state index in [4.69, 9.17) is 4.74 Å². The number of hydrogen-bond acceptors (Lipinski definition) is 5. The van der Waals surface area contributed by atoms with E-state index in [0.29, 0.717) is 6.54 Å². The van der Waals surface area contributed by atoms with Gasteiger partial charge in [-0.2, -0.15) is 0 Å². The Morgan fingerprint density at radius 3 is 2.56 bits per heavy atom. The first-order chi connectivity index (χ1) is 12.3. The Labute approximate surface area is 145 Å². The van der Waals surface area contributed by atoms with Crippen LogP contribution in [0, 0.1) is 0 Å².